The zero-order valence-corrected chi connectivity index (χ0v) is 19.9. The fraction of sp³-hybridized carbons (Fsp3) is 0.560. The van der Waals surface area contributed by atoms with Crippen molar-refractivity contribution in [1.82, 2.24) is 19.9 Å². The van der Waals surface area contributed by atoms with E-state index in [2.05, 4.69) is 20.9 Å². The van der Waals surface area contributed by atoms with Crippen LogP contribution in [0.4, 0.5) is 22.2 Å². The third-order valence-corrected chi connectivity index (χ3v) is 7.61. The molecule has 0 aromatic carbocycles. The van der Waals surface area contributed by atoms with Gasteiger partial charge in [0.05, 0.1) is 23.7 Å². The van der Waals surface area contributed by atoms with Gasteiger partial charge in [-0.25, -0.2) is 19.7 Å². The van der Waals surface area contributed by atoms with Gasteiger partial charge in [-0.1, -0.05) is 6.42 Å². The molecule has 0 N–H and O–H groups in total. The Hall–Kier alpha value is -3.41. The Bertz CT molecular complexity index is 1180. The summed E-state index contributed by atoms with van der Waals surface area (Å²) in [6.07, 6.45) is 7.54. The highest BCUT2D eigenvalue weighted by Gasteiger charge is 2.54. The number of nitrogens with zero attached hydrogens (tertiary/aromatic N) is 7. The van der Waals surface area contributed by atoms with Crippen LogP contribution in [0.1, 0.15) is 57.6 Å². The molecule has 5 aliphatic rings. The Balaban J connectivity index is 1.32. The van der Waals surface area contributed by atoms with Crippen LogP contribution in [0.15, 0.2) is 24.7 Å². The van der Waals surface area contributed by atoms with Crippen molar-refractivity contribution in [1.29, 1.82) is 5.26 Å². The first-order chi connectivity index (χ1) is 16.3. The lowest BCUT2D eigenvalue weighted by molar-refractivity contribution is 0.00833. The fourth-order valence-corrected chi connectivity index (χ4v) is 5.97. The molecule has 0 radical (unpaired) electrons. The molecule has 6 heterocycles. The molecule has 2 aromatic heterocycles. The van der Waals surface area contributed by atoms with Gasteiger partial charge in [-0.05, 0) is 52.2 Å². The standard InChI is InChI=1S/C25H29N7O2/c1-24(2,3)34-23(33)30-12-17-10-18(13-30)32(17)22-20-21(28-15-29-22)31(14-25(20)6-4-7-25)19-9-16(11-26)5-8-27-19/h5,8-9,15,17-18H,4,6-7,10,12-14H2,1-3H3. The lowest BCUT2D eigenvalue weighted by Crippen LogP contribution is -2.70. The van der Waals surface area contributed by atoms with Crippen LogP contribution in [-0.2, 0) is 10.2 Å². The van der Waals surface area contributed by atoms with Crippen LogP contribution in [0.2, 0.25) is 0 Å². The van der Waals surface area contributed by atoms with Crippen LogP contribution in [0.5, 0.6) is 0 Å². The first-order valence-electron chi connectivity index (χ1n) is 12.0. The second-order valence-electron chi connectivity index (χ2n) is 11.0. The van der Waals surface area contributed by atoms with E-state index in [0.29, 0.717) is 18.7 Å². The van der Waals surface area contributed by atoms with Crippen molar-refractivity contribution in [2.45, 2.75) is 69.6 Å². The maximum Gasteiger partial charge on any atom is 0.410 e. The maximum absolute atomic E-state index is 12.6. The Morgan fingerprint density at radius 3 is 2.56 bits per heavy atom. The number of hydrogen-bond donors (Lipinski definition) is 0. The molecule has 34 heavy (non-hydrogen) atoms. The van der Waals surface area contributed by atoms with E-state index in [9.17, 15) is 10.1 Å². The molecule has 176 valence electrons. The number of carbonyl (C=O) groups excluding carboxylic acids is 1. The van der Waals surface area contributed by atoms with Gasteiger partial charge >= 0.3 is 6.09 Å². The molecule has 7 rings (SSSR count). The van der Waals surface area contributed by atoms with E-state index in [-0.39, 0.29) is 23.6 Å². The molecule has 3 saturated heterocycles. The second kappa shape index (κ2) is 7.29. The van der Waals surface area contributed by atoms with Gasteiger partial charge in [0, 0.05) is 36.8 Å². The molecular formula is C25H29N7O2. The third-order valence-electron chi connectivity index (χ3n) is 7.61. The Morgan fingerprint density at radius 1 is 1.18 bits per heavy atom. The average Bonchev–Trinajstić information content (AvgIpc) is 3.15. The molecule has 2 bridgehead atoms. The van der Waals surface area contributed by atoms with E-state index >= 15 is 0 Å². The number of carbonyl (C=O) groups is 1. The third kappa shape index (κ3) is 3.19. The largest absolute Gasteiger partial charge is 0.444 e. The normalized spacial score (nSPS) is 24.2. The van der Waals surface area contributed by atoms with Gasteiger partial charge in [0.15, 0.2) is 0 Å². The molecule has 2 aromatic rings. The van der Waals surface area contributed by atoms with Gasteiger partial charge in [0.2, 0.25) is 0 Å². The first kappa shape index (κ1) is 21.1. The lowest BCUT2D eigenvalue weighted by Gasteiger charge is -2.57. The van der Waals surface area contributed by atoms with Crippen LogP contribution >= 0.6 is 0 Å². The summed E-state index contributed by atoms with van der Waals surface area (Å²) in [6, 6.07) is 6.24. The highest BCUT2D eigenvalue weighted by atomic mass is 16.6. The molecule has 1 aliphatic carbocycles. The molecule has 1 amide bonds. The van der Waals surface area contributed by atoms with Gasteiger partial charge < -0.3 is 19.4 Å². The Labute approximate surface area is 199 Å². The van der Waals surface area contributed by atoms with Crippen LogP contribution in [-0.4, -0.2) is 63.3 Å². The summed E-state index contributed by atoms with van der Waals surface area (Å²) in [5.41, 5.74) is 1.33. The molecule has 9 heteroatoms. The number of piperidine rings is 1. The summed E-state index contributed by atoms with van der Waals surface area (Å²) in [7, 11) is 0. The van der Waals surface area contributed by atoms with E-state index in [0.717, 1.165) is 43.3 Å². The number of amides is 1. The number of pyridine rings is 1. The van der Waals surface area contributed by atoms with E-state index in [4.69, 9.17) is 14.7 Å². The van der Waals surface area contributed by atoms with Crippen molar-refractivity contribution >= 4 is 23.5 Å². The van der Waals surface area contributed by atoms with Gasteiger partial charge in [0.25, 0.3) is 0 Å². The number of aromatic nitrogens is 3. The van der Waals surface area contributed by atoms with Gasteiger partial charge in [-0.15, -0.1) is 0 Å². The minimum absolute atomic E-state index is 0.0188. The van der Waals surface area contributed by atoms with E-state index in [1.807, 2.05) is 31.7 Å². The Morgan fingerprint density at radius 2 is 1.91 bits per heavy atom. The molecule has 9 nitrogen and oxygen atoms in total. The molecule has 2 atom stereocenters. The predicted octanol–water partition coefficient (Wildman–Crippen LogP) is 3.51. The summed E-state index contributed by atoms with van der Waals surface area (Å²) in [5.74, 6) is 2.67. The van der Waals surface area contributed by atoms with Crippen molar-refractivity contribution in [2.24, 2.45) is 0 Å². The van der Waals surface area contributed by atoms with Crippen molar-refractivity contribution in [2.75, 3.05) is 29.4 Å². The maximum atomic E-state index is 12.6. The zero-order chi connectivity index (χ0) is 23.7. The summed E-state index contributed by atoms with van der Waals surface area (Å²) < 4.78 is 5.61. The summed E-state index contributed by atoms with van der Waals surface area (Å²) in [5, 5.41) is 9.37. The van der Waals surface area contributed by atoms with Crippen LogP contribution in [0.25, 0.3) is 0 Å². The minimum atomic E-state index is -0.497. The van der Waals surface area contributed by atoms with Crippen molar-refractivity contribution in [3.05, 3.63) is 35.8 Å². The number of rotatable bonds is 2. The zero-order valence-electron chi connectivity index (χ0n) is 19.9. The minimum Gasteiger partial charge on any atom is -0.444 e. The molecule has 4 fully saturated rings. The fourth-order valence-electron chi connectivity index (χ4n) is 5.97. The topological polar surface area (TPSA) is 98.5 Å². The smallest absolute Gasteiger partial charge is 0.410 e. The Kier molecular flexibility index (Phi) is 4.54. The number of nitriles is 1. The number of hydrogen-bond acceptors (Lipinski definition) is 8. The van der Waals surface area contributed by atoms with Gasteiger partial charge in [-0.3, -0.25) is 0 Å². The first-order valence-corrected chi connectivity index (χ1v) is 12.0. The summed E-state index contributed by atoms with van der Waals surface area (Å²) in [6.45, 7) is 7.80. The van der Waals surface area contributed by atoms with Crippen molar-refractivity contribution in [3.63, 3.8) is 0 Å². The van der Waals surface area contributed by atoms with E-state index < -0.39 is 5.60 Å². The summed E-state index contributed by atoms with van der Waals surface area (Å²) in [4.78, 5) is 33.1. The second-order valence-corrected chi connectivity index (χ2v) is 11.0. The van der Waals surface area contributed by atoms with E-state index in [1.54, 1.807) is 18.6 Å². The average molecular weight is 460 g/mol. The van der Waals surface area contributed by atoms with Crippen LogP contribution in [0, 0.1) is 11.3 Å². The van der Waals surface area contributed by atoms with Crippen molar-refractivity contribution < 1.29 is 9.53 Å². The predicted molar refractivity (Wildman–Crippen MR) is 126 cm³/mol. The highest BCUT2D eigenvalue weighted by molar-refractivity contribution is 5.76. The van der Waals surface area contributed by atoms with Crippen molar-refractivity contribution in [3.8, 4) is 6.07 Å². The van der Waals surface area contributed by atoms with E-state index in [1.165, 1.54) is 12.0 Å². The van der Waals surface area contributed by atoms with Crippen LogP contribution in [0.3, 0.4) is 0 Å². The molecule has 4 aliphatic heterocycles. The van der Waals surface area contributed by atoms with Gasteiger partial charge in [-0.2, -0.15) is 5.26 Å². The van der Waals surface area contributed by atoms with Crippen LogP contribution < -0.4 is 9.80 Å². The number of ether oxygens (including phenoxy) is 1. The lowest BCUT2D eigenvalue weighted by atomic mass is 9.65. The number of anilines is 3. The summed E-state index contributed by atoms with van der Waals surface area (Å²) >= 11 is 0. The SMILES string of the molecule is CC(C)(C)OC(=O)N1CC2CC(C1)N2c1ncnc2c1C1(CCC1)CN2c1cc(C#N)ccn1. The molecular weight excluding hydrogens is 430 g/mol. The van der Waals surface area contributed by atoms with Gasteiger partial charge in [0.1, 0.15) is 29.4 Å². The molecule has 2 unspecified atom stereocenters. The molecule has 1 spiro atoms. The number of fused-ring (bicyclic) bond motifs is 4. The molecule has 1 saturated carbocycles. The quantitative estimate of drug-likeness (QED) is 0.673. The highest BCUT2D eigenvalue weighted by Crippen LogP contribution is 2.57. The monoisotopic (exact) mass is 459 g/mol. The number of piperazine rings is 1.